The fraction of sp³-hybridized carbons (Fsp3) is 0.615. The quantitative estimate of drug-likeness (QED) is 0.826. The highest BCUT2D eigenvalue weighted by Crippen LogP contribution is 2.33. The fourth-order valence-electron chi connectivity index (χ4n) is 1.85. The minimum absolute atomic E-state index is 0.0233. The van der Waals surface area contributed by atoms with E-state index in [1.165, 1.54) is 18.9 Å². The molecular formula is C13H19NO3. The normalized spacial score (nSPS) is 15.2. The summed E-state index contributed by atoms with van der Waals surface area (Å²) in [6.07, 6.45) is 3.46. The minimum atomic E-state index is -1.00. The van der Waals surface area contributed by atoms with Gasteiger partial charge in [0.2, 0.25) is 5.76 Å². The van der Waals surface area contributed by atoms with E-state index < -0.39 is 5.97 Å². The Bertz CT molecular complexity index is 393. The number of carboxylic acids is 1. The molecule has 0 unspecified atom stereocenters. The number of anilines is 1. The van der Waals surface area contributed by atoms with E-state index in [1.807, 2.05) is 0 Å². The van der Waals surface area contributed by atoms with E-state index in [9.17, 15) is 4.79 Å². The summed E-state index contributed by atoms with van der Waals surface area (Å²) in [7, 11) is 0. The summed E-state index contributed by atoms with van der Waals surface area (Å²) in [5, 5.41) is 8.84. The smallest absolute Gasteiger partial charge is 0.371 e. The van der Waals surface area contributed by atoms with Gasteiger partial charge in [-0.1, -0.05) is 13.8 Å². The van der Waals surface area contributed by atoms with Crippen LogP contribution < -0.4 is 4.90 Å². The first-order chi connectivity index (χ1) is 8.08. The maximum Gasteiger partial charge on any atom is 0.371 e. The average molecular weight is 237 g/mol. The molecule has 1 aliphatic rings. The van der Waals surface area contributed by atoms with Crippen molar-refractivity contribution in [2.24, 2.45) is 5.92 Å². The van der Waals surface area contributed by atoms with Crippen molar-refractivity contribution in [3.8, 4) is 0 Å². The molecule has 0 bridgehead atoms. The van der Waals surface area contributed by atoms with E-state index in [0.717, 1.165) is 13.0 Å². The first kappa shape index (κ1) is 12.0. The van der Waals surface area contributed by atoms with E-state index in [0.29, 0.717) is 17.8 Å². The van der Waals surface area contributed by atoms with Crippen molar-refractivity contribution in [2.45, 2.75) is 39.2 Å². The Morgan fingerprint density at radius 3 is 2.71 bits per heavy atom. The van der Waals surface area contributed by atoms with Gasteiger partial charge in [-0.25, -0.2) is 4.79 Å². The Kier molecular flexibility index (Phi) is 3.41. The highest BCUT2D eigenvalue weighted by atomic mass is 16.4. The molecule has 1 aliphatic carbocycles. The van der Waals surface area contributed by atoms with Crippen molar-refractivity contribution in [2.75, 3.05) is 11.4 Å². The van der Waals surface area contributed by atoms with Crippen LogP contribution in [0.1, 0.15) is 43.7 Å². The molecule has 1 aromatic rings. The number of aromatic carboxylic acids is 1. The van der Waals surface area contributed by atoms with Gasteiger partial charge in [-0.05, 0) is 31.2 Å². The first-order valence-corrected chi connectivity index (χ1v) is 6.17. The molecule has 1 aromatic heterocycles. The van der Waals surface area contributed by atoms with Gasteiger partial charge in [0.05, 0.1) is 0 Å². The Morgan fingerprint density at radius 1 is 1.53 bits per heavy atom. The van der Waals surface area contributed by atoms with Crippen molar-refractivity contribution >= 4 is 11.9 Å². The summed E-state index contributed by atoms with van der Waals surface area (Å²) in [5.41, 5.74) is 0. The van der Waals surface area contributed by atoms with Crippen LogP contribution in [-0.4, -0.2) is 23.7 Å². The summed E-state index contributed by atoms with van der Waals surface area (Å²) in [5.74, 6) is 0.363. The van der Waals surface area contributed by atoms with Gasteiger partial charge in [0, 0.05) is 18.7 Å². The highest BCUT2D eigenvalue weighted by molar-refractivity contribution is 5.84. The number of hydrogen-bond acceptors (Lipinski definition) is 3. The lowest BCUT2D eigenvalue weighted by Gasteiger charge is -2.22. The van der Waals surface area contributed by atoms with Crippen molar-refractivity contribution in [1.82, 2.24) is 0 Å². The Hall–Kier alpha value is -1.45. The second kappa shape index (κ2) is 4.82. The number of carboxylic acid groups (broad SMARTS) is 1. The lowest BCUT2D eigenvalue weighted by atomic mass is 10.1. The van der Waals surface area contributed by atoms with Crippen LogP contribution in [0, 0.1) is 5.92 Å². The van der Waals surface area contributed by atoms with Crippen LogP contribution in [0.2, 0.25) is 0 Å². The van der Waals surface area contributed by atoms with Crippen molar-refractivity contribution < 1.29 is 14.3 Å². The SMILES string of the molecule is CC(C)CCN(c1ccc(C(=O)O)o1)C1CC1. The van der Waals surface area contributed by atoms with Gasteiger partial charge in [0.1, 0.15) is 0 Å². The van der Waals surface area contributed by atoms with E-state index in [-0.39, 0.29) is 5.76 Å². The fourth-order valence-corrected chi connectivity index (χ4v) is 1.85. The zero-order valence-corrected chi connectivity index (χ0v) is 10.3. The molecule has 0 atom stereocenters. The maximum atomic E-state index is 10.8. The van der Waals surface area contributed by atoms with Crippen LogP contribution in [0.4, 0.5) is 5.88 Å². The first-order valence-electron chi connectivity index (χ1n) is 6.17. The molecule has 17 heavy (non-hydrogen) atoms. The van der Waals surface area contributed by atoms with Crippen LogP contribution in [0.15, 0.2) is 16.5 Å². The van der Waals surface area contributed by atoms with Gasteiger partial charge < -0.3 is 14.4 Å². The second-order valence-electron chi connectivity index (χ2n) is 5.05. The Labute approximate surface area is 101 Å². The van der Waals surface area contributed by atoms with Crippen LogP contribution >= 0.6 is 0 Å². The lowest BCUT2D eigenvalue weighted by molar-refractivity contribution is 0.0663. The molecular weight excluding hydrogens is 218 g/mol. The van der Waals surface area contributed by atoms with Crippen LogP contribution in [0.25, 0.3) is 0 Å². The number of rotatable bonds is 6. The largest absolute Gasteiger partial charge is 0.475 e. The summed E-state index contributed by atoms with van der Waals surface area (Å²) in [6.45, 7) is 5.32. The predicted molar refractivity (Wildman–Crippen MR) is 65.5 cm³/mol. The molecule has 1 fully saturated rings. The molecule has 0 amide bonds. The zero-order chi connectivity index (χ0) is 12.4. The van der Waals surface area contributed by atoms with Gasteiger partial charge in [-0.15, -0.1) is 0 Å². The third-order valence-electron chi connectivity index (χ3n) is 3.02. The molecule has 2 rings (SSSR count). The molecule has 94 valence electrons. The van der Waals surface area contributed by atoms with Crippen LogP contribution in [0.5, 0.6) is 0 Å². The van der Waals surface area contributed by atoms with Gasteiger partial charge >= 0.3 is 5.97 Å². The van der Waals surface area contributed by atoms with Crippen molar-refractivity contribution in [1.29, 1.82) is 0 Å². The van der Waals surface area contributed by atoms with Crippen LogP contribution in [0.3, 0.4) is 0 Å². The summed E-state index contributed by atoms with van der Waals surface area (Å²) >= 11 is 0. The molecule has 0 spiro atoms. The standard InChI is InChI=1S/C13H19NO3/c1-9(2)7-8-14(10-3-4-10)12-6-5-11(17-12)13(15)16/h5-6,9-10H,3-4,7-8H2,1-2H3,(H,15,16). The van der Waals surface area contributed by atoms with Gasteiger partial charge in [0.25, 0.3) is 0 Å². The number of nitrogens with zero attached hydrogens (tertiary/aromatic N) is 1. The lowest BCUT2D eigenvalue weighted by Crippen LogP contribution is -2.27. The molecule has 4 heteroatoms. The van der Waals surface area contributed by atoms with E-state index in [2.05, 4.69) is 18.7 Å². The Morgan fingerprint density at radius 2 is 2.24 bits per heavy atom. The van der Waals surface area contributed by atoms with Gasteiger partial charge in [-0.3, -0.25) is 0 Å². The van der Waals surface area contributed by atoms with E-state index in [4.69, 9.17) is 9.52 Å². The molecule has 0 aromatic carbocycles. The predicted octanol–water partition coefficient (Wildman–Crippen LogP) is 2.99. The van der Waals surface area contributed by atoms with Gasteiger partial charge in [0.15, 0.2) is 5.88 Å². The van der Waals surface area contributed by atoms with Crippen molar-refractivity contribution in [3.05, 3.63) is 17.9 Å². The topological polar surface area (TPSA) is 53.7 Å². The number of hydrogen-bond donors (Lipinski definition) is 1. The number of furan rings is 1. The summed E-state index contributed by atoms with van der Waals surface area (Å²) in [6, 6.07) is 3.84. The molecule has 0 saturated heterocycles. The average Bonchev–Trinajstić information content (AvgIpc) is 2.95. The molecule has 1 saturated carbocycles. The van der Waals surface area contributed by atoms with E-state index in [1.54, 1.807) is 6.07 Å². The molecule has 4 nitrogen and oxygen atoms in total. The van der Waals surface area contributed by atoms with Crippen molar-refractivity contribution in [3.63, 3.8) is 0 Å². The summed E-state index contributed by atoms with van der Waals surface area (Å²) in [4.78, 5) is 13.0. The maximum absolute atomic E-state index is 10.8. The summed E-state index contributed by atoms with van der Waals surface area (Å²) < 4.78 is 5.37. The van der Waals surface area contributed by atoms with Gasteiger partial charge in [-0.2, -0.15) is 0 Å². The third-order valence-corrected chi connectivity index (χ3v) is 3.02. The molecule has 0 aliphatic heterocycles. The highest BCUT2D eigenvalue weighted by Gasteiger charge is 2.31. The minimum Gasteiger partial charge on any atom is -0.475 e. The third kappa shape index (κ3) is 3.02. The van der Waals surface area contributed by atoms with Crippen LogP contribution in [-0.2, 0) is 0 Å². The Balaban J connectivity index is 2.06. The van der Waals surface area contributed by atoms with E-state index >= 15 is 0 Å². The second-order valence-corrected chi connectivity index (χ2v) is 5.05. The molecule has 1 heterocycles. The molecule has 1 N–H and O–H groups in total. The monoisotopic (exact) mass is 237 g/mol. The zero-order valence-electron chi connectivity index (χ0n) is 10.3. The number of carbonyl (C=O) groups is 1. The molecule has 0 radical (unpaired) electrons.